The van der Waals surface area contributed by atoms with Crippen molar-refractivity contribution in [1.82, 2.24) is 0 Å². The van der Waals surface area contributed by atoms with Gasteiger partial charge in [0.1, 0.15) is 0 Å². The van der Waals surface area contributed by atoms with Crippen LogP contribution in [0.25, 0.3) is 10.8 Å². The normalized spacial score (nSPS) is 23.2. The van der Waals surface area contributed by atoms with E-state index in [1.54, 1.807) is 0 Å². The van der Waals surface area contributed by atoms with Gasteiger partial charge in [0.2, 0.25) is 5.91 Å². The minimum absolute atomic E-state index is 0.0894. The molecule has 1 N–H and O–H groups in total. The van der Waals surface area contributed by atoms with E-state index < -0.39 is 5.97 Å². The summed E-state index contributed by atoms with van der Waals surface area (Å²) in [6.07, 6.45) is 1.84. The molecule has 0 radical (unpaired) electrons. The lowest BCUT2D eigenvalue weighted by Crippen LogP contribution is -2.43. The lowest BCUT2D eigenvalue weighted by molar-refractivity contribution is -0.148. The summed E-state index contributed by atoms with van der Waals surface area (Å²) in [7, 11) is 0. The zero-order valence-corrected chi connectivity index (χ0v) is 12.2. The zero-order valence-electron chi connectivity index (χ0n) is 12.2. The first kappa shape index (κ1) is 13.3. The van der Waals surface area contributed by atoms with Crippen LogP contribution in [-0.4, -0.2) is 23.5 Å². The number of amides is 1. The van der Waals surface area contributed by atoms with Gasteiger partial charge in [0.15, 0.2) is 0 Å². The number of hydrogen-bond donors (Lipinski definition) is 1. The molecule has 4 heteroatoms. The van der Waals surface area contributed by atoms with Crippen LogP contribution in [0, 0.1) is 11.8 Å². The minimum atomic E-state index is -0.781. The Kier molecular flexibility index (Phi) is 2.93. The number of carboxylic acid groups (broad SMARTS) is 1. The summed E-state index contributed by atoms with van der Waals surface area (Å²) in [4.78, 5) is 25.4. The van der Waals surface area contributed by atoms with Gasteiger partial charge < -0.3 is 10.0 Å². The van der Waals surface area contributed by atoms with Crippen molar-refractivity contribution in [1.29, 1.82) is 0 Å². The van der Waals surface area contributed by atoms with E-state index in [2.05, 4.69) is 24.3 Å². The number of benzene rings is 2. The summed E-state index contributed by atoms with van der Waals surface area (Å²) < 4.78 is 0. The van der Waals surface area contributed by atoms with Gasteiger partial charge >= 0.3 is 5.97 Å². The molecule has 0 spiro atoms. The molecule has 112 valence electrons. The maximum atomic E-state index is 12.6. The Balaban J connectivity index is 1.60. The van der Waals surface area contributed by atoms with Gasteiger partial charge in [0.25, 0.3) is 0 Å². The van der Waals surface area contributed by atoms with Crippen molar-refractivity contribution in [3.05, 3.63) is 42.0 Å². The molecule has 0 bridgehead atoms. The third kappa shape index (κ3) is 1.98. The Hall–Kier alpha value is -2.36. The van der Waals surface area contributed by atoms with Gasteiger partial charge in [-0.3, -0.25) is 9.59 Å². The van der Waals surface area contributed by atoms with Crippen LogP contribution in [-0.2, 0) is 16.0 Å². The van der Waals surface area contributed by atoms with Crippen LogP contribution in [0.2, 0.25) is 0 Å². The van der Waals surface area contributed by atoms with Gasteiger partial charge in [-0.05, 0) is 47.7 Å². The van der Waals surface area contributed by atoms with E-state index in [9.17, 15) is 9.59 Å². The number of nitrogens with zero attached hydrogens (tertiary/aromatic N) is 1. The molecule has 1 heterocycles. The molecule has 2 aromatic rings. The van der Waals surface area contributed by atoms with Crippen molar-refractivity contribution < 1.29 is 14.7 Å². The molecular formula is C18H17NO3. The maximum Gasteiger partial charge on any atom is 0.306 e. The Labute approximate surface area is 128 Å². The molecule has 4 nitrogen and oxygen atoms in total. The highest BCUT2D eigenvalue weighted by atomic mass is 16.4. The van der Waals surface area contributed by atoms with Crippen molar-refractivity contribution in [2.75, 3.05) is 11.4 Å². The molecule has 2 aromatic carbocycles. The van der Waals surface area contributed by atoms with Crippen molar-refractivity contribution >= 4 is 28.3 Å². The van der Waals surface area contributed by atoms with Gasteiger partial charge in [0, 0.05) is 18.2 Å². The fourth-order valence-electron chi connectivity index (χ4n) is 3.55. The molecule has 0 atom stereocenters. The van der Waals surface area contributed by atoms with Crippen molar-refractivity contribution in [2.24, 2.45) is 11.8 Å². The van der Waals surface area contributed by atoms with Crippen molar-refractivity contribution in [2.45, 2.75) is 19.3 Å². The second-order valence-corrected chi connectivity index (χ2v) is 6.27. The molecule has 1 aliphatic carbocycles. The minimum Gasteiger partial charge on any atom is -0.481 e. The van der Waals surface area contributed by atoms with Crippen LogP contribution in [0.15, 0.2) is 36.4 Å². The molecular weight excluding hydrogens is 278 g/mol. The third-order valence-corrected chi connectivity index (χ3v) is 4.95. The number of anilines is 1. The molecule has 1 saturated carbocycles. The molecule has 1 amide bonds. The smallest absolute Gasteiger partial charge is 0.306 e. The first-order valence-corrected chi connectivity index (χ1v) is 7.69. The topological polar surface area (TPSA) is 57.6 Å². The number of carbonyl (C=O) groups is 2. The van der Waals surface area contributed by atoms with E-state index in [0.717, 1.165) is 17.5 Å². The molecule has 22 heavy (non-hydrogen) atoms. The summed E-state index contributed by atoms with van der Waals surface area (Å²) in [5.74, 6) is -1.16. The van der Waals surface area contributed by atoms with E-state index >= 15 is 0 Å². The van der Waals surface area contributed by atoms with E-state index in [1.165, 1.54) is 10.9 Å². The van der Waals surface area contributed by atoms with E-state index in [-0.39, 0.29) is 17.7 Å². The van der Waals surface area contributed by atoms with Crippen LogP contribution < -0.4 is 4.90 Å². The first-order valence-electron chi connectivity index (χ1n) is 7.69. The van der Waals surface area contributed by atoms with Gasteiger partial charge in [-0.25, -0.2) is 0 Å². The summed E-state index contributed by atoms with van der Waals surface area (Å²) in [5, 5.41) is 11.3. The Morgan fingerprint density at radius 1 is 1.05 bits per heavy atom. The van der Waals surface area contributed by atoms with Gasteiger partial charge in [0.05, 0.1) is 5.92 Å². The average molecular weight is 295 g/mol. The van der Waals surface area contributed by atoms with Crippen LogP contribution >= 0.6 is 0 Å². The van der Waals surface area contributed by atoms with Crippen LogP contribution in [0.1, 0.15) is 18.4 Å². The van der Waals surface area contributed by atoms with Crippen LogP contribution in [0.5, 0.6) is 0 Å². The molecule has 4 rings (SSSR count). The standard InChI is InChI=1S/C18H17NO3/c20-17(14-8-15(9-14)18(21)22)19-6-5-13-7-11-3-1-2-4-12(11)10-16(13)19/h1-4,7,10,14-15H,5-6,8-9H2,(H,21,22). The molecule has 0 saturated heterocycles. The fraction of sp³-hybridized carbons (Fsp3) is 0.333. The number of rotatable bonds is 2. The summed E-state index contributed by atoms with van der Waals surface area (Å²) in [5.41, 5.74) is 2.21. The monoisotopic (exact) mass is 295 g/mol. The quantitative estimate of drug-likeness (QED) is 0.927. The van der Waals surface area contributed by atoms with Crippen LogP contribution in [0.3, 0.4) is 0 Å². The average Bonchev–Trinajstić information content (AvgIpc) is 2.85. The highest BCUT2D eigenvalue weighted by Gasteiger charge is 2.41. The molecule has 0 aromatic heterocycles. The molecule has 0 unspecified atom stereocenters. The maximum absolute atomic E-state index is 12.6. The Bertz CT molecular complexity index is 777. The SMILES string of the molecule is O=C(O)C1CC(C(=O)N2CCc3cc4ccccc4cc32)C1. The van der Waals surface area contributed by atoms with Crippen molar-refractivity contribution in [3.63, 3.8) is 0 Å². The summed E-state index contributed by atoms with van der Waals surface area (Å²) in [6.45, 7) is 0.707. The highest BCUT2D eigenvalue weighted by molar-refractivity contribution is 6.01. The zero-order chi connectivity index (χ0) is 15.3. The fourth-order valence-corrected chi connectivity index (χ4v) is 3.55. The molecule has 1 aliphatic heterocycles. The number of fused-ring (bicyclic) bond motifs is 2. The van der Waals surface area contributed by atoms with Gasteiger partial charge in [-0.15, -0.1) is 0 Å². The number of hydrogen-bond acceptors (Lipinski definition) is 2. The Morgan fingerprint density at radius 2 is 1.73 bits per heavy atom. The second-order valence-electron chi connectivity index (χ2n) is 6.27. The van der Waals surface area contributed by atoms with Gasteiger partial charge in [-0.2, -0.15) is 0 Å². The van der Waals surface area contributed by atoms with Crippen molar-refractivity contribution in [3.8, 4) is 0 Å². The summed E-state index contributed by atoms with van der Waals surface area (Å²) >= 11 is 0. The number of carbonyl (C=O) groups excluding carboxylic acids is 1. The second kappa shape index (κ2) is 4.83. The lowest BCUT2D eigenvalue weighted by atomic mass is 9.74. The predicted molar refractivity (Wildman–Crippen MR) is 83.9 cm³/mol. The van der Waals surface area contributed by atoms with E-state index in [4.69, 9.17) is 5.11 Å². The predicted octanol–water partition coefficient (Wildman–Crippen LogP) is 2.84. The number of carboxylic acids is 1. The largest absolute Gasteiger partial charge is 0.481 e. The molecule has 2 aliphatic rings. The van der Waals surface area contributed by atoms with Gasteiger partial charge in [-0.1, -0.05) is 24.3 Å². The van der Waals surface area contributed by atoms with E-state index in [0.29, 0.717) is 19.4 Å². The first-order chi connectivity index (χ1) is 10.6. The third-order valence-electron chi connectivity index (χ3n) is 4.95. The molecule has 1 fully saturated rings. The summed E-state index contributed by atoms with van der Waals surface area (Å²) in [6, 6.07) is 12.4. The van der Waals surface area contributed by atoms with E-state index in [1.807, 2.05) is 17.0 Å². The number of aliphatic carboxylic acids is 1. The Morgan fingerprint density at radius 3 is 2.41 bits per heavy atom. The highest BCUT2D eigenvalue weighted by Crippen LogP contribution is 2.39. The lowest BCUT2D eigenvalue weighted by Gasteiger charge is -2.34. The van der Waals surface area contributed by atoms with Crippen LogP contribution in [0.4, 0.5) is 5.69 Å².